The van der Waals surface area contributed by atoms with E-state index in [0.29, 0.717) is 19.4 Å². The average Bonchev–Trinajstić information content (AvgIpc) is 3.09. The van der Waals surface area contributed by atoms with Gasteiger partial charge in [0.15, 0.2) is 0 Å². The molecule has 24 heavy (non-hydrogen) atoms. The first-order chi connectivity index (χ1) is 11.0. The number of fused-ring (bicyclic) bond motifs is 1. The van der Waals surface area contributed by atoms with Gasteiger partial charge in [-0.2, -0.15) is 0 Å². The topological polar surface area (TPSA) is 75.4 Å². The molecule has 0 saturated carbocycles. The van der Waals surface area contributed by atoms with E-state index in [4.69, 9.17) is 5.73 Å². The van der Waals surface area contributed by atoms with Crippen LogP contribution in [0.5, 0.6) is 0 Å². The number of benzene rings is 1. The fourth-order valence-corrected chi connectivity index (χ4v) is 3.44. The van der Waals surface area contributed by atoms with Crippen LogP contribution >= 0.6 is 12.4 Å². The van der Waals surface area contributed by atoms with Crippen LogP contribution in [0.4, 0.5) is 5.69 Å². The number of carbonyl (C=O) groups excluding carboxylic acids is 2. The van der Waals surface area contributed by atoms with Gasteiger partial charge in [-0.15, -0.1) is 12.4 Å². The Labute approximate surface area is 149 Å². The number of anilines is 1. The van der Waals surface area contributed by atoms with Crippen LogP contribution in [0.15, 0.2) is 18.2 Å². The Hall–Kier alpha value is -1.59. The fourth-order valence-electron chi connectivity index (χ4n) is 3.44. The zero-order valence-electron chi connectivity index (χ0n) is 14.1. The molecule has 6 heteroatoms. The predicted octanol–water partition coefficient (Wildman–Crippen LogP) is 2.12. The highest BCUT2D eigenvalue weighted by atomic mass is 35.5. The van der Waals surface area contributed by atoms with E-state index in [1.165, 1.54) is 5.56 Å². The molecule has 0 spiro atoms. The summed E-state index contributed by atoms with van der Waals surface area (Å²) in [7, 11) is 0. The highest BCUT2D eigenvalue weighted by Crippen LogP contribution is 2.29. The Morgan fingerprint density at radius 3 is 2.92 bits per heavy atom. The maximum Gasteiger partial charge on any atom is 0.228 e. The molecule has 2 aliphatic heterocycles. The van der Waals surface area contributed by atoms with Crippen molar-refractivity contribution in [1.29, 1.82) is 0 Å². The van der Waals surface area contributed by atoms with Crippen LogP contribution < -0.4 is 11.1 Å². The lowest BCUT2D eigenvalue weighted by atomic mass is 9.90. The molecule has 132 valence electrons. The second-order valence-electron chi connectivity index (χ2n) is 7.15. The number of nitrogens with one attached hydrogen (secondary N) is 1. The van der Waals surface area contributed by atoms with E-state index in [1.54, 1.807) is 0 Å². The van der Waals surface area contributed by atoms with Crippen molar-refractivity contribution in [3.8, 4) is 0 Å². The molecular weight excluding hydrogens is 326 g/mol. The van der Waals surface area contributed by atoms with Crippen LogP contribution in [0.3, 0.4) is 0 Å². The highest BCUT2D eigenvalue weighted by Gasteiger charge is 2.34. The fraction of sp³-hybridized carbons (Fsp3) is 0.556. The number of aryl methyl sites for hydroxylation is 1. The predicted molar refractivity (Wildman–Crippen MR) is 97.3 cm³/mol. The van der Waals surface area contributed by atoms with Gasteiger partial charge in [0.25, 0.3) is 0 Å². The van der Waals surface area contributed by atoms with Crippen LogP contribution in [0.1, 0.15) is 37.3 Å². The van der Waals surface area contributed by atoms with Crippen molar-refractivity contribution in [1.82, 2.24) is 4.90 Å². The SMILES string of the molecule is CC1(CN)CCN(C(=O)CCCc2ccc3c(c2)CC(=O)N3)C1.Cl. The maximum atomic E-state index is 12.3. The largest absolute Gasteiger partial charge is 0.342 e. The van der Waals surface area contributed by atoms with Crippen molar-refractivity contribution in [3.05, 3.63) is 29.3 Å². The van der Waals surface area contributed by atoms with Crippen LogP contribution in [-0.2, 0) is 22.4 Å². The summed E-state index contributed by atoms with van der Waals surface area (Å²) in [6, 6.07) is 6.08. The van der Waals surface area contributed by atoms with Crippen LogP contribution in [0, 0.1) is 5.41 Å². The van der Waals surface area contributed by atoms with Gasteiger partial charge in [0.05, 0.1) is 6.42 Å². The minimum Gasteiger partial charge on any atom is -0.342 e. The van der Waals surface area contributed by atoms with Gasteiger partial charge in [-0.1, -0.05) is 19.1 Å². The minimum atomic E-state index is 0. The number of rotatable bonds is 5. The first-order valence-electron chi connectivity index (χ1n) is 8.39. The molecule has 5 nitrogen and oxygen atoms in total. The third-order valence-electron chi connectivity index (χ3n) is 5.05. The summed E-state index contributed by atoms with van der Waals surface area (Å²) in [5.41, 5.74) is 9.07. The number of nitrogens with zero attached hydrogens (tertiary/aromatic N) is 1. The molecule has 2 amide bonds. The molecular formula is C18H26ClN3O2. The molecule has 2 heterocycles. The summed E-state index contributed by atoms with van der Waals surface area (Å²) in [5.74, 6) is 0.296. The van der Waals surface area contributed by atoms with Crippen molar-refractivity contribution >= 4 is 29.9 Å². The molecule has 0 radical (unpaired) electrons. The van der Waals surface area contributed by atoms with E-state index >= 15 is 0 Å². The number of halogens is 1. The Morgan fingerprint density at radius 1 is 1.42 bits per heavy atom. The molecule has 0 aromatic heterocycles. The minimum absolute atomic E-state index is 0. The van der Waals surface area contributed by atoms with Crippen molar-refractivity contribution in [2.45, 2.75) is 39.0 Å². The summed E-state index contributed by atoms with van der Waals surface area (Å²) in [6.45, 7) is 4.41. The first kappa shape index (κ1) is 18.7. The Bertz CT molecular complexity index is 635. The highest BCUT2D eigenvalue weighted by molar-refractivity contribution is 5.99. The van der Waals surface area contributed by atoms with E-state index in [0.717, 1.165) is 43.6 Å². The normalized spacial score (nSPS) is 22.1. The quantitative estimate of drug-likeness (QED) is 0.853. The molecule has 0 bridgehead atoms. The molecule has 1 unspecified atom stereocenters. The number of amides is 2. The van der Waals surface area contributed by atoms with Crippen molar-refractivity contribution in [2.24, 2.45) is 11.1 Å². The van der Waals surface area contributed by atoms with E-state index in [9.17, 15) is 9.59 Å². The van der Waals surface area contributed by atoms with Gasteiger partial charge in [-0.3, -0.25) is 9.59 Å². The van der Waals surface area contributed by atoms with Crippen molar-refractivity contribution < 1.29 is 9.59 Å². The van der Waals surface area contributed by atoms with E-state index in [1.807, 2.05) is 17.0 Å². The second-order valence-corrected chi connectivity index (χ2v) is 7.15. The zero-order valence-corrected chi connectivity index (χ0v) is 15.0. The van der Waals surface area contributed by atoms with Crippen molar-refractivity contribution in [2.75, 3.05) is 25.0 Å². The summed E-state index contributed by atoms with van der Waals surface area (Å²) in [5, 5.41) is 2.84. The van der Waals surface area contributed by atoms with Gasteiger partial charge in [0.1, 0.15) is 0 Å². The first-order valence-corrected chi connectivity index (χ1v) is 8.39. The molecule has 3 N–H and O–H groups in total. The van der Waals surface area contributed by atoms with Gasteiger partial charge < -0.3 is 16.0 Å². The Morgan fingerprint density at radius 2 is 2.21 bits per heavy atom. The maximum absolute atomic E-state index is 12.3. The van der Waals surface area contributed by atoms with Gasteiger partial charge in [-0.25, -0.2) is 0 Å². The average molecular weight is 352 g/mol. The van der Waals surface area contributed by atoms with Gasteiger partial charge in [0, 0.05) is 25.2 Å². The number of carbonyl (C=O) groups is 2. The Kier molecular flexibility index (Phi) is 5.88. The number of hydrogen-bond acceptors (Lipinski definition) is 3. The molecule has 1 saturated heterocycles. The monoisotopic (exact) mass is 351 g/mol. The summed E-state index contributed by atoms with van der Waals surface area (Å²) < 4.78 is 0. The standard InChI is InChI=1S/C18H25N3O2.ClH/c1-18(11-19)7-8-21(12-18)17(23)4-2-3-13-5-6-15-14(9-13)10-16(22)20-15;/h5-6,9H,2-4,7-8,10-12,19H2,1H3,(H,20,22);1H. The summed E-state index contributed by atoms with van der Waals surface area (Å²) >= 11 is 0. The van der Waals surface area contributed by atoms with E-state index < -0.39 is 0 Å². The third kappa shape index (κ3) is 4.08. The van der Waals surface area contributed by atoms with Gasteiger partial charge >= 0.3 is 0 Å². The third-order valence-corrected chi connectivity index (χ3v) is 5.05. The lowest BCUT2D eigenvalue weighted by Gasteiger charge is -2.22. The van der Waals surface area contributed by atoms with Gasteiger partial charge in [-0.05, 0) is 48.4 Å². The van der Waals surface area contributed by atoms with E-state index in [-0.39, 0.29) is 29.6 Å². The lowest BCUT2D eigenvalue weighted by molar-refractivity contribution is -0.130. The van der Waals surface area contributed by atoms with Crippen LogP contribution in [0.25, 0.3) is 0 Å². The molecule has 1 aromatic carbocycles. The second kappa shape index (κ2) is 7.53. The van der Waals surface area contributed by atoms with Gasteiger partial charge in [0.2, 0.25) is 11.8 Å². The molecule has 2 aliphatic rings. The lowest BCUT2D eigenvalue weighted by Crippen LogP contribution is -2.34. The number of nitrogens with two attached hydrogens (primary N) is 1. The Balaban J connectivity index is 0.00000208. The summed E-state index contributed by atoms with van der Waals surface area (Å²) in [6.07, 6.45) is 3.76. The molecule has 3 rings (SSSR count). The molecule has 1 fully saturated rings. The molecule has 1 aromatic rings. The van der Waals surface area contributed by atoms with E-state index in [2.05, 4.69) is 18.3 Å². The molecule has 0 aliphatic carbocycles. The smallest absolute Gasteiger partial charge is 0.228 e. The van der Waals surface area contributed by atoms with Crippen LogP contribution in [0.2, 0.25) is 0 Å². The zero-order chi connectivity index (χ0) is 16.4. The van der Waals surface area contributed by atoms with Crippen LogP contribution in [-0.4, -0.2) is 36.3 Å². The molecule has 1 atom stereocenters. The summed E-state index contributed by atoms with van der Waals surface area (Å²) in [4.78, 5) is 25.6. The number of hydrogen-bond donors (Lipinski definition) is 2. The van der Waals surface area contributed by atoms with Crippen molar-refractivity contribution in [3.63, 3.8) is 0 Å². The number of likely N-dealkylation sites (tertiary alicyclic amines) is 1.